The van der Waals surface area contributed by atoms with Crippen molar-refractivity contribution in [1.82, 2.24) is 0 Å². The summed E-state index contributed by atoms with van der Waals surface area (Å²) in [6.07, 6.45) is 0. The molecule has 110 valence electrons. The topological polar surface area (TPSA) is 52.3 Å². The Bertz CT molecular complexity index is 840. The smallest absolute Gasteiger partial charge is 0.200 e. The second-order valence-corrected chi connectivity index (χ2v) is 5.32. The van der Waals surface area contributed by atoms with E-state index in [1.54, 1.807) is 6.07 Å². The van der Waals surface area contributed by atoms with E-state index in [4.69, 9.17) is 10.5 Å². The maximum atomic E-state index is 12.3. The maximum absolute atomic E-state index is 12.3. The van der Waals surface area contributed by atoms with Gasteiger partial charge in [0.2, 0.25) is 0 Å². The van der Waals surface area contributed by atoms with Crippen LogP contribution in [0, 0.1) is 6.92 Å². The number of Topliss-reactive ketones (excluding diaryl/α,β-unsaturated/α-hetero) is 1. The van der Waals surface area contributed by atoms with Gasteiger partial charge in [-0.1, -0.05) is 42.5 Å². The predicted molar refractivity (Wildman–Crippen MR) is 89.4 cm³/mol. The summed E-state index contributed by atoms with van der Waals surface area (Å²) >= 11 is 0. The van der Waals surface area contributed by atoms with Crippen molar-refractivity contribution in [1.29, 1.82) is 0 Å². The van der Waals surface area contributed by atoms with E-state index in [9.17, 15) is 4.79 Å². The van der Waals surface area contributed by atoms with Gasteiger partial charge in [0, 0.05) is 5.56 Å². The Hall–Kier alpha value is -2.81. The molecule has 0 saturated carbocycles. The van der Waals surface area contributed by atoms with E-state index in [0.29, 0.717) is 17.0 Å². The van der Waals surface area contributed by atoms with Crippen LogP contribution in [-0.4, -0.2) is 12.4 Å². The average molecular weight is 291 g/mol. The Morgan fingerprint density at radius 1 is 1.00 bits per heavy atom. The molecule has 22 heavy (non-hydrogen) atoms. The molecule has 0 unspecified atom stereocenters. The molecule has 0 fully saturated rings. The van der Waals surface area contributed by atoms with Gasteiger partial charge in [0.1, 0.15) is 5.75 Å². The zero-order valence-corrected chi connectivity index (χ0v) is 12.4. The fourth-order valence-corrected chi connectivity index (χ4v) is 2.39. The molecule has 0 aromatic heterocycles. The van der Waals surface area contributed by atoms with Gasteiger partial charge < -0.3 is 10.5 Å². The lowest BCUT2D eigenvalue weighted by Gasteiger charge is -2.09. The number of nitrogen functional groups attached to an aromatic ring is 1. The van der Waals surface area contributed by atoms with Gasteiger partial charge in [0.15, 0.2) is 12.4 Å². The van der Waals surface area contributed by atoms with Gasteiger partial charge in [-0.15, -0.1) is 0 Å². The number of carbonyl (C=O) groups is 1. The zero-order valence-electron chi connectivity index (χ0n) is 12.4. The van der Waals surface area contributed by atoms with Crippen molar-refractivity contribution in [2.45, 2.75) is 6.92 Å². The molecule has 0 bridgehead atoms. The van der Waals surface area contributed by atoms with E-state index in [1.807, 2.05) is 61.5 Å². The molecule has 0 heterocycles. The number of hydrogen-bond acceptors (Lipinski definition) is 3. The average Bonchev–Trinajstić information content (AvgIpc) is 2.53. The number of ketones is 1. The van der Waals surface area contributed by atoms with Crippen LogP contribution in [0.15, 0.2) is 60.7 Å². The summed E-state index contributed by atoms with van der Waals surface area (Å²) in [7, 11) is 0. The van der Waals surface area contributed by atoms with Gasteiger partial charge in [-0.3, -0.25) is 4.79 Å². The monoisotopic (exact) mass is 291 g/mol. The van der Waals surface area contributed by atoms with Gasteiger partial charge in [-0.25, -0.2) is 0 Å². The number of aryl methyl sites for hydroxylation is 1. The van der Waals surface area contributed by atoms with Crippen molar-refractivity contribution in [2.75, 3.05) is 12.3 Å². The molecule has 3 aromatic rings. The molecule has 2 N–H and O–H groups in total. The third-order valence-corrected chi connectivity index (χ3v) is 3.60. The molecule has 0 aliphatic carbocycles. The molecule has 0 aliphatic rings. The number of benzene rings is 3. The van der Waals surface area contributed by atoms with E-state index in [2.05, 4.69) is 0 Å². The minimum absolute atomic E-state index is 0.0222. The third kappa shape index (κ3) is 2.93. The molecule has 0 saturated heterocycles. The van der Waals surface area contributed by atoms with Crippen LogP contribution in [0.5, 0.6) is 5.75 Å². The Morgan fingerprint density at radius 3 is 2.55 bits per heavy atom. The second-order valence-electron chi connectivity index (χ2n) is 5.32. The SMILES string of the molecule is Cc1ccc(OCC(=O)c2ccc3ccccc3c2)c(N)c1. The summed E-state index contributed by atoms with van der Waals surface area (Å²) in [4.78, 5) is 12.3. The highest BCUT2D eigenvalue weighted by Gasteiger charge is 2.09. The molecule has 0 amide bonds. The fraction of sp³-hybridized carbons (Fsp3) is 0.105. The van der Waals surface area contributed by atoms with Crippen molar-refractivity contribution in [3.8, 4) is 5.75 Å². The summed E-state index contributed by atoms with van der Waals surface area (Å²) < 4.78 is 5.55. The first-order valence-corrected chi connectivity index (χ1v) is 7.14. The number of hydrogen-bond donors (Lipinski definition) is 1. The van der Waals surface area contributed by atoms with Crippen LogP contribution in [-0.2, 0) is 0 Å². The maximum Gasteiger partial charge on any atom is 0.200 e. The van der Waals surface area contributed by atoms with E-state index >= 15 is 0 Å². The van der Waals surface area contributed by atoms with Crippen LogP contribution in [0.25, 0.3) is 10.8 Å². The van der Waals surface area contributed by atoms with Gasteiger partial charge in [-0.05, 0) is 41.5 Å². The van der Waals surface area contributed by atoms with Gasteiger partial charge in [0.25, 0.3) is 0 Å². The molecule has 0 spiro atoms. The summed E-state index contributed by atoms with van der Waals surface area (Å²) in [5.74, 6) is 0.477. The predicted octanol–water partition coefficient (Wildman–Crippen LogP) is 3.99. The molecule has 3 aromatic carbocycles. The number of fused-ring (bicyclic) bond motifs is 1. The van der Waals surface area contributed by atoms with Crippen molar-refractivity contribution in [2.24, 2.45) is 0 Å². The summed E-state index contributed by atoms with van der Waals surface area (Å²) in [5.41, 5.74) is 8.14. The number of anilines is 1. The quantitative estimate of drug-likeness (QED) is 0.584. The van der Waals surface area contributed by atoms with E-state index in [-0.39, 0.29) is 12.4 Å². The molecule has 0 aliphatic heterocycles. The first-order chi connectivity index (χ1) is 10.6. The van der Waals surface area contributed by atoms with Gasteiger partial charge in [-0.2, -0.15) is 0 Å². The highest BCUT2D eigenvalue weighted by atomic mass is 16.5. The second kappa shape index (κ2) is 5.90. The third-order valence-electron chi connectivity index (χ3n) is 3.60. The van der Waals surface area contributed by atoms with Crippen LogP contribution in [0.1, 0.15) is 15.9 Å². The summed E-state index contributed by atoms with van der Waals surface area (Å²) in [6, 6.07) is 19.1. The molecule has 3 nitrogen and oxygen atoms in total. The Labute approximate surface area is 129 Å². The van der Waals surface area contributed by atoms with Crippen LogP contribution in [0.4, 0.5) is 5.69 Å². The van der Waals surface area contributed by atoms with E-state index in [0.717, 1.165) is 16.3 Å². The first kappa shape index (κ1) is 14.1. The minimum Gasteiger partial charge on any atom is -0.483 e. The van der Waals surface area contributed by atoms with Crippen molar-refractivity contribution < 1.29 is 9.53 Å². The highest BCUT2D eigenvalue weighted by Crippen LogP contribution is 2.22. The molecule has 0 atom stereocenters. The molecular formula is C19H17NO2. The Morgan fingerprint density at radius 2 is 1.77 bits per heavy atom. The fourth-order valence-electron chi connectivity index (χ4n) is 2.39. The zero-order chi connectivity index (χ0) is 15.5. The standard InChI is InChI=1S/C19H17NO2/c1-13-6-9-19(17(20)10-13)22-12-18(21)16-8-7-14-4-2-3-5-15(14)11-16/h2-11H,12,20H2,1H3. The largest absolute Gasteiger partial charge is 0.483 e. The lowest BCUT2D eigenvalue weighted by molar-refractivity contribution is 0.0922. The van der Waals surface area contributed by atoms with Crippen molar-refractivity contribution in [3.05, 3.63) is 71.8 Å². The lowest BCUT2D eigenvalue weighted by Crippen LogP contribution is -2.12. The molecule has 3 rings (SSSR count). The Kier molecular flexibility index (Phi) is 3.79. The number of rotatable bonds is 4. The van der Waals surface area contributed by atoms with E-state index < -0.39 is 0 Å². The molecular weight excluding hydrogens is 274 g/mol. The van der Waals surface area contributed by atoms with Gasteiger partial charge in [0.05, 0.1) is 5.69 Å². The number of ether oxygens (including phenoxy) is 1. The number of carbonyl (C=O) groups excluding carboxylic acids is 1. The minimum atomic E-state index is -0.0641. The summed E-state index contributed by atoms with van der Waals surface area (Å²) in [5, 5.41) is 2.16. The van der Waals surface area contributed by atoms with Gasteiger partial charge >= 0.3 is 0 Å². The highest BCUT2D eigenvalue weighted by molar-refractivity contribution is 6.00. The lowest BCUT2D eigenvalue weighted by atomic mass is 10.0. The van der Waals surface area contributed by atoms with Crippen molar-refractivity contribution in [3.63, 3.8) is 0 Å². The Balaban J connectivity index is 1.75. The van der Waals surface area contributed by atoms with Crippen LogP contribution >= 0.6 is 0 Å². The van der Waals surface area contributed by atoms with Crippen LogP contribution in [0.2, 0.25) is 0 Å². The van der Waals surface area contributed by atoms with Crippen LogP contribution in [0.3, 0.4) is 0 Å². The molecule has 0 radical (unpaired) electrons. The number of nitrogens with two attached hydrogens (primary N) is 1. The molecule has 3 heteroatoms. The van der Waals surface area contributed by atoms with E-state index in [1.165, 1.54) is 0 Å². The first-order valence-electron chi connectivity index (χ1n) is 7.14. The summed E-state index contributed by atoms with van der Waals surface area (Å²) in [6.45, 7) is 1.94. The van der Waals surface area contributed by atoms with Crippen molar-refractivity contribution >= 4 is 22.2 Å². The van der Waals surface area contributed by atoms with Crippen LogP contribution < -0.4 is 10.5 Å². The normalized spacial score (nSPS) is 10.6.